The summed E-state index contributed by atoms with van der Waals surface area (Å²) in [6, 6.07) is 7.63. The summed E-state index contributed by atoms with van der Waals surface area (Å²) in [5.41, 5.74) is 0.638. The highest BCUT2D eigenvalue weighted by Crippen LogP contribution is 2.21. The maximum absolute atomic E-state index is 11.1. The molecule has 2 rings (SSSR count). The minimum atomic E-state index is -1.12. The van der Waals surface area contributed by atoms with Crippen molar-refractivity contribution in [1.29, 1.82) is 0 Å². The highest BCUT2D eigenvalue weighted by molar-refractivity contribution is 5.93. The van der Waals surface area contributed by atoms with Crippen LogP contribution in [0.3, 0.4) is 0 Å². The van der Waals surface area contributed by atoms with Crippen LogP contribution in [-0.4, -0.2) is 27.1 Å². The van der Waals surface area contributed by atoms with E-state index in [2.05, 4.69) is 36.1 Å². The van der Waals surface area contributed by atoms with Crippen molar-refractivity contribution in [1.82, 2.24) is 9.97 Å². The number of carbonyl (C=O) groups is 1. The lowest BCUT2D eigenvalue weighted by Gasteiger charge is -2.17. The summed E-state index contributed by atoms with van der Waals surface area (Å²) in [7, 11) is 0. The van der Waals surface area contributed by atoms with Crippen molar-refractivity contribution < 1.29 is 9.90 Å². The Labute approximate surface area is 118 Å². The van der Waals surface area contributed by atoms with E-state index in [-0.39, 0.29) is 11.9 Å². The third-order valence-corrected chi connectivity index (χ3v) is 3.00. The van der Waals surface area contributed by atoms with Crippen LogP contribution in [0.5, 0.6) is 0 Å². The molecule has 0 aliphatic heterocycles. The van der Waals surface area contributed by atoms with E-state index < -0.39 is 5.97 Å². The number of nitrogens with zero attached hydrogens (tertiary/aromatic N) is 2. The second-order valence-electron chi connectivity index (χ2n) is 5.39. The molecule has 1 atom stereocenters. The Morgan fingerprint density at radius 1 is 1.25 bits per heavy atom. The van der Waals surface area contributed by atoms with Gasteiger partial charge in [0, 0.05) is 11.4 Å². The van der Waals surface area contributed by atoms with Crippen LogP contribution in [0.25, 0.3) is 10.9 Å². The number of anilines is 1. The monoisotopic (exact) mass is 273 g/mol. The molecular formula is C15H19N3O2. The Morgan fingerprint density at radius 2 is 1.95 bits per heavy atom. The van der Waals surface area contributed by atoms with Gasteiger partial charge < -0.3 is 10.4 Å². The maximum Gasteiger partial charge on any atom is 0.374 e. The second kappa shape index (κ2) is 5.86. The van der Waals surface area contributed by atoms with E-state index in [1.807, 2.05) is 18.2 Å². The van der Waals surface area contributed by atoms with E-state index >= 15 is 0 Å². The molecule has 5 nitrogen and oxygen atoms in total. The molecule has 1 aromatic heterocycles. The van der Waals surface area contributed by atoms with Crippen molar-refractivity contribution in [2.75, 3.05) is 5.32 Å². The van der Waals surface area contributed by atoms with Crippen LogP contribution in [-0.2, 0) is 0 Å². The molecule has 0 aliphatic carbocycles. The minimum Gasteiger partial charge on any atom is -0.475 e. The highest BCUT2D eigenvalue weighted by atomic mass is 16.4. The number of aromatic nitrogens is 2. The van der Waals surface area contributed by atoms with Crippen LogP contribution in [0, 0.1) is 5.92 Å². The topological polar surface area (TPSA) is 75.1 Å². The first kappa shape index (κ1) is 14.2. The van der Waals surface area contributed by atoms with Crippen LogP contribution < -0.4 is 5.32 Å². The number of hydrogen-bond acceptors (Lipinski definition) is 4. The second-order valence-corrected chi connectivity index (χ2v) is 5.39. The summed E-state index contributed by atoms with van der Waals surface area (Å²) in [5.74, 6) is -0.149. The number of para-hydroxylation sites is 1. The number of nitrogens with one attached hydrogen (secondary N) is 1. The van der Waals surface area contributed by atoms with Gasteiger partial charge in [0.05, 0.1) is 5.52 Å². The van der Waals surface area contributed by atoms with Crippen molar-refractivity contribution in [3.63, 3.8) is 0 Å². The normalized spacial score (nSPS) is 12.6. The van der Waals surface area contributed by atoms with Gasteiger partial charge in [0.25, 0.3) is 0 Å². The van der Waals surface area contributed by atoms with Gasteiger partial charge in [-0.3, -0.25) is 0 Å². The molecule has 0 saturated heterocycles. The molecule has 1 heterocycles. The number of fused-ring (bicyclic) bond motifs is 1. The first-order valence-corrected chi connectivity index (χ1v) is 6.74. The van der Waals surface area contributed by atoms with Gasteiger partial charge in [-0.2, -0.15) is 0 Å². The molecule has 2 aromatic rings. The van der Waals surface area contributed by atoms with Crippen LogP contribution >= 0.6 is 0 Å². The van der Waals surface area contributed by atoms with Crippen LogP contribution in [0.15, 0.2) is 24.3 Å². The average molecular weight is 273 g/mol. The average Bonchev–Trinajstić information content (AvgIpc) is 2.37. The summed E-state index contributed by atoms with van der Waals surface area (Å²) in [4.78, 5) is 19.3. The number of hydrogen-bond donors (Lipinski definition) is 2. The van der Waals surface area contributed by atoms with E-state index in [9.17, 15) is 4.79 Å². The van der Waals surface area contributed by atoms with Gasteiger partial charge in [-0.25, -0.2) is 14.8 Å². The van der Waals surface area contributed by atoms with Crippen molar-refractivity contribution >= 4 is 22.7 Å². The Kier molecular flexibility index (Phi) is 4.17. The van der Waals surface area contributed by atoms with E-state index in [4.69, 9.17) is 5.11 Å². The molecule has 1 unspecified atom stereocenters. The van der Waals surface area contributed by atoms with Gasteiger partial charge in [0.1, 0.15) is 5.82 Å². The molecule has 0 radical (unpaired) electrons. The van der Waals surface area contributed by atoms with Crippen molar-refractivity contribution in [2.45, 2.75) is 33.2 Å². The Bertz CT molecular complexity index is 626. The molecule has 2 N–H and O–H groups in total. The van der Waals surface area contributed by atoms with Gasteiger partial charge in [-0.15, -0.1) is 0 Å². The smallest absolute Gasteiger partial charge is 0.374 e. The Morgan fingerprint density at radius 3 is 2.60 bits per heavy atom. The SMILES string of the molecule is CC(C)CC(C)Nc1nc(C(=O)O)nc2ccccc12. The molecule has 1 aromatic carbocycles. The molecule has 0 spiro atoms. The van der Waals surface area contributed by atoms with Gasteiger partial charge in [0.2, 0.25) is 5.82 Å². The first-order valence-electron chi connectivity index (χ1n) is 6.74. The number of carboxylic acid groups (broad SMARTS) is 1. The zero-order valence-electron chi connectivity index (χ0n) is 11.9. The van der Waals surface area contributed by atoms with E-state index in [0.717, 1.165) is 11.8 Å². The summed E-state index contributed by atoms with van der Waals surface area (Å²) in [6.45, 7) is 6.37. The largest absolute Gasteiger partial charge is 0.475 e. The fourth-order valence-electron chi connectivity index (χ4n) is 2.28. The van der Waals surface area contributed by atoms with E-state index in [1.165, 1.54) is 0 Å². The Balaban J connectivity index is 2.42. The number of aromatic carboxylic acids is 1. The Hall–Kier alpha value is -2.17. The summed E-state index contributed by atoms with van der Waals surface area (Å²) < 4.78 is 0. The highest BCUT2D eigenvalue weighted by Gasteiger charge is 2.14. The molecule has 5 heteroatoms. The molecule has 0 bridgehead atoms. The zero-order valence-corrected chi connectivity index (χ0v) is 11.9. The van der Waals surface area contributed by atoms with Crippen LogP contribution in [0.4, 0.5) is 5.82 Å². The molecular weight excluding hydrogens is 254 g/mol. The van der Waals surface area contributed by atoms with Crippen molar-refractivity contribution in [3.8, 4) is 0 Å². The lowest BCUT2D eigenvalue weighted by Crippen LogP contribution is -2.19. The zero-order chi connectivity index (χ0) is 14.7. The standard InChI is InChI=1S/C15H19N3O2/c1-9(2)8-10(3)16-13-11-6-4-5-7-12(11)17-14(18-13)15(19)20/h4-7,9-10H,8H2,1-3H3,(H,19,20)(H,16,17,18). The quantitative estimate of drug-likeness (QED) is 0.875. The summed E-state index contributed by atoms with van der Waals surface area (Å²) in [6.07, 6.45) is 0.987. The van der Waals surface area contributed by atoms with Gasteiger partial charge in [-0.1, -0.05) is 26.0 Å². The summed E-state index contributed by atoms with van der Waals surface area (Å²) >= 11 is 0. The first-order chi connectivity index (χ1) is 9.47. The predicted octanol–water partition coefficient (Wildman–Crippen LogP) is 3.17. The molecule has 0 amide bonds. The van der Waals surface area contributed by atoms with Crippen LogP contribution in [0.2, 0.25) is 0 Å². The fraction of sp³-hybridized carbons (Fsp3) is 0.400. The van der Waals surface area contributed by atoms with Crippen molar-refractivity contribution in [2.24, 2.45) is 5.92 Å². The third-order valence-electron chi connectivity index (χ3n) is 3.00. The van der Waals surface area contributed by atoms with Gasteiger partial charge in [0.15, 0.2) is 0 Å². The van der Waals surface area contributed by atoms with Crippen molar-refractivity contribution in [3.05, 3.63) is 30.1 Å². The van der Waals surface area contributed by atoms with Gasteiger partial charge in [-0.05, 0) is 31.4 Å². The lowest BCUT2D eigenvalue weighted by molar-refractivity contribution is 0.0684. The molecule has 0 aliphatic rings. The predicted molar refractivity (Wildman–Crippen MR) is 79.0 cm³/mol. The number of carboxylic acids is 1. The fourth-order valence-corrected chi connectivity index (χ4v) is 2.28. The maximum atomic E-state index is 11.1. The number of benzene rings is 1. The van der Waals surface area contributed by atoms with E-state index in [0.29, 0.717) is 17.3 Å². The third kappa shape index (κ3) is 3.23. The number of rotatable bonds is 5. The minimum absolute atomic E-state index is 0.178. The molecule has 0 fully saturated rings. The van der Waals surface area contributed by atoms with E-state index in [1.54, 1.807) is 6.07 Å². The summed E-state index contributed by atoms with van der Waals surface area (Å²) in [5, 5.41) is 13.2. The molecule has 20 heavy (non-hydrogen) atoms. The lowest BCUT2D eigenvalue weighted by atomic mass is 10.1. The van der Waals surface area contributed by atoms with Gasteiger partial charge >= 0.3 is 5.97 Å². The molecule has 0 saturated carbocycles. The van der Waals surface area contributed by atoms with Crippen LogP contribution in [0.1, 0.15) is 37.8 Å². The molecule has 106 valence electrons.